The van der Waals surface area contributed by atoms with E-state index in [1.807, 2.05) is 26.0 Å². The van der Waals surface area contributed by atoms with Crippen LogP contribution in [0.1, 0.15) is 51.7 Å². The van der Waals surface area contributed by atoms with Crippen LogP contribution in [0.25, 0.3) is 0 Å². The molecule has 0 saturated carbocycles. The van der Waals surface area contributed by atoms with Crippen LogP contribution >= 0.6 is 0 Å². The number of allylic oxidation sites excluding steroid dienone is 2. The highest BCUT2D eigenvalue weighted by Crippen LogP contribution is 2.50. The molecule has 1 aromatic rings. The molecule has 2 rings (SSSR count). The molecule has 0 spiro atoms. The topological polar surface area (TPSA) is 54.0 Å². The summed E-state index contributed by atoms with van der Waals surface area (Å²) in [6.45, 7) is 5.91. The molecule has 0 bridgehead atoms. The fourth-order valence-electron chi connectivity index (χ4n) is 2.97. The zero-order valence-corrected chi connectivity index (χ0v) is 11.7. The van der Waals surface area contributed by atoms with E-state index in [0.717, 1.165) is 17.8 Å². The fourth-order valence-corrected chi connectivity index (χ4v) is 2.97. The van der Waals surface area contributed by atoms with E-state index < -0.39 is 5.41 Å². The van der Waals surface area contributed by atoms with Gasteiger partial charge >= 0.3 is 0 Å². The summed E-state index contributed by atoms with van der Waals surface area (Å²) in [5, 5.41) is 9.68. The Morgan fingerprint density at radius 3 is 2.79 bits per heavy atom. The molecular formula is C16H19NO2. The number of rotatable bonds is 3. The quantitative estimate of drug-likeness (QED) is 0.769. The van der Waals surface area contributed by atoms with Crippen molar-refractivity contribution in [2.45, 2.75) is 46.0 Å². The number of nitrogens with zero attached hydrogens (tertiary/aromatic N) is 1. The molecule has 1 aliphatic rings. The summed E-state index contributed by atoms with van der Waals surface area (Å²) in [6.07, 6.45) is 3.23. The van der Waals surface area contributed by atoms with Gasteiger partial charge in [0.05, 0.1) is 12.3 Å². The van der Waals surface area contributed by atoms with Gasteiger partial charge in [0.1, 0.15) is 11.2 Å². The Bertz CT molecular complexity index is 548. The summed E-state index contributed by atoms with van der Waals surface area (Å²) >= 11 is 0. The van der Waals surface area contributed by atoms with Crippen LogP contribution in [0.4, 0.5) is 0 Å². The maximum atomic E-state index is 12.4. The van der Waals surface area contributed by atoms with E-state index in [9.17, 15) is 10.1 Å². The highest BCUT2D eigenvalue weighted by atomic mass is 16.3. The minimum Gasteiger partial charge on any atom is -0.469 e. The van der Waals surface area contributed by atoms with Crippen molar-refractivity contribution in [2.75, 3.05) is 0 Å². The first-order valence-electron chi connectivity index (χ1n) is 6.68. The second-order valence-corrected chi connectivity index (χ2v) is 5.37. The van der Waals surface area contributed by atoms with Gasteiger partial charge in [0.25, 0.3) is 0 Å². The molecule has 0 aliphatic heterocycles. The number of ketones is 1. The van der Waals surface area contributed by atoms with Crippen LogP contribution in [0.2, 0.25) is 0 Å². The van der Waals surface area contributed by atoms with Gasteiger partial charge in [0, 0.05) is 12.3 Å². The van der Waals surface area contributed by atoms with Gasteiger partial charge in [-0.1, -0.05) is 18.1 Å². The molecule has 3 heteroatoms. The standard InChI is InChI=1S/C16H19NO2/c1-4-15(18)16(10-17)9-12(3)11(2)8-13(16)14-6-5-7-19-14/h5-7,13H,4,8-9H2,1-3H3/t13-,16-/m1/s1. The third kappa shape index (κ3) is 2.12. The number of carbonyl (C=O) groups excluding carboxylic acids is 1. The first kappa shape index (κ1) is 13.6. The summed E-state index contributed by atoms with van der Waals surface area (Å²) in [6, 6.07) is 6.00. The molecule has 0 aromatic carbocycles. The Morgan fingerprint density at radius 2 is 2.26 bits per heavy atom. The van der Waals surface area contributed by atoms with E-state index in [2.05, 4.69) is 13.0 Å². The van der Waals surface area contributed by atoms with Gasteiger partial charge in [0.15, 0.2) is 5.78 Å². The molecule has 0 saturated heterocycles. The molecule has 0 fully saturated rings. The van der Waals surface area contributed by atoms with Crippen LogP contribution in [0.15, 0.2) is 34.0 Å². The van der Waals surface area contributed by atoms with Crippen molar-refractivity contribution >= 4 is 5.78 Å². The number of Topliss-reactive ketones (excluding diaryl/α,β-unsaturated/α-hetero) is 1. The maximum Gasteiger partial charge on any atom is 0.153 e. The largest absolute Gasteiger partial charge is 0.469 e. The Hall–Kier alpha value is -1.82. The average molecular weight is 257 g/mol. The number of hydrogen-bond acceptors (Lipinski definition) is 3. The SMILES string of the molecule is CCC(=O)[C@@]1(C#N)CC(C)=C(C)C[C@@H]1c1ccco1. The highest BCUT2D eigenvalue weighted by Gasteiger charge is 2.49. The lowest BCUT2D eigenvalue weighted by molar-refractivity contribution is -0.127. The number of furan rings is 1. The first-order valence-corrected chi connectivity index (χ1v) is 6.68. The van der Waals surface area contributed by atoms with E-state index >= 15 is 0 Å². The molecular weight excluding hydrogens is 238 g/mol. The Morgan fingerprint density at radius 1 is 1.53 bits per heavy atom. The molecule has 0 amide bonds. The Balaban J connectivity index is 2.54. The lowest BCUT2D eigenvalue weighted by Crippen LogP contribution is -2.38. The summed E-state index contributed by atoms with van der Waals surface area (Å²) in [5.41, 5.74) is 1.46. The fraction of sp³-hybridized carbons (Fsp3) is 0.500. The predicted molar refractivity (Wildman–Crippen MR) is 72.4 cm³/mol. The third-order valence-corrected chi connectivity index (χ3v) is 4.28. The summed E-state index contributed by atoms with van der Waals surface area (Å²) < 4.78 is 5.48. The van der Waals surface area contributed by atoms with Gasteiger partial charge in [-0.15, -0.1) is 0 Å². The van der Waals surface area contributed by atoms with Crippen LogP contribution in [-0.2, 0) is 4.79 Å². The normalized spacial score (nSPS) is 27.2. The maximum absolute atomic E-state index is 12.4. The second-order valence-electron chi connectivity index (χ2n) is 5.37. The Labute approximate surface area is 113 Å². The monoisotopic (exact) mass is 257 g/mol. The second kappa shape index (κ2) is 5.05. The number of hydrogen-bond donors (Lipinski definition) is 0. The summed E-state index contributed by atoms with van der Waals surface area (Å²) in [5.74, 6) is 0.599. The third-order valence-electron chi connectivity index (χ3n) is 4.28. The minimum atomic E-state index is -0.962. The van der Waals surface area contributed by atoms with Crippen molar-refractivity contribution in [3.8, 4) is 6.07 Å². The molecule has 0 N–H and O–H groups in total. The first-order chi connectivity index (χ1) is 9.05. The van der Waals surface area contributed by atoms with Gasteiger partial charge in [0.2, 0.25) is 0 Å². The van der Waals surface area contributed by atoms with Crippen LogP contribution in [0, 0.1) is 16.7 Å². The average Bonchev–Trinajstić information content (AvgIpc) is 2.94. The number of nitriles is 1. The van der Waals surface area contributed by atoms with Gasteiger partial charge in [-0.2, -0.15) is 5.26 Å². The molecule has 0 unspecified atom stereocenters. The zero-order chi connectivity index (χ0) is 14.0. The summed E-state index contributed by atoms with van der Waals surface area (Å²) in [4.78, 5) is 12.4. The molecule has 0 radical (unpaired) electrons. The van der Waals surface area contributed by atoms with Crippen LogP contribution < -0.4 is 0 Å². The molecule has 100 valence electrons. The van der Waals surface area contributed by atoms with Crippen molar-refractivity contribution in [1.82, 2.24) is 0 Å². The van der Waals surface area contributed by atoms with Crippen LogP contribution in [0.3, 0.4) is 0 Å². The van der Waals surface area contributed by atoms with E-state index in [0.29, 0.717) is 12.8 Å². The van der Waals surface area contributed by atoms with Gasteiger partial charge in [-0.3, -0.25) is 4.79 Å². The summed E-state index contributed by atoms with van der Waals surface area (Å²) in [7, 11) is 0. The van der Waals surface area contributed by atoms with E-state index in [1.165, 1.54) is 5.57 Å². The van der Waals surface area contributed by atoms with Crippen LogP contribution in [0.5, 0.6) is 0 Å². The van der Waals surface area contributed by atoms with Crippen molar-refractivity contribution in [2.24, 2.45) is 5.41 Å². The predicted octanol–water partition coefficient (Wildman–Crippen LogP) is 3.98. The minimum absolute atomic E-state index is 0.0169. The van der Waals surface area contributed by atoms with Crippen LogP contribution in [-0.4, -0.2) is 5.78 Å². The highest BCUT2D eigenvalue weighted by molar-refractivity contribution is 5.89. The molecule has 3 nitrogen and oxygen atoms in total. The molecule has 19 heavy (non-hydrogen) atoms. The van der Waals surface area contributed by atoms with Gasteiger partial charge < -0.3 is 4.42 Å². The van der Waals surface area contributed by atoms with Gasteiger partial charge in [-0.25, -0.2) is 0 Å². The lowest BCUT2D eigenvalue weighted by Gasteiger charge is -2.37. The smallest absolute Gasteiger partial charge is 0.153 e. The molecule has 2 atom stereocenters. The van der Waals surface area contributed by atoms with E-state index in [4.69, 9.17) is 4.42 Å². The van der Waals surface area contributed by atoms with E-state index in [-0.39, 0.29) is 11.7 Å². The van der Waals surface area contributed by atoms with E-state index in [1.54, 1.807) is 6.26 Å². The van der Waals surface area contributed by atoms with Crippen molar-refractivity contribution in [3.05, 3.63) is 35.3 Å². The molecule has 1 aromatic heterocycles. The Kier molecular flexibility index (Phi) is 3.61. The molecule has 1 aliphatic carbocycles. The van der Waals surface area contributed by atoms with Crippen molar-refractivity contribution in [3.63, 3.8) is 0 Å². The number of carbonyl (C=O) groups is 1. The van der Waals surface area contributed by atoms with Crippen molar-refractivity contribution in [1.29, 1.82) is 5.26 Å². The zero-order valence-electron chi connectivity index (χ0n) is 11.7. The lowest BCUT2D eigenvalue weighted by atomic mass is 9.62. The van der Waals surface area contributed by atoms with Crippen molar-refractivity contribution < 1.29 is 9.21 Å². The molecule has 1 heterocycles. The van der Waals surface area contributed by atoms with Gasteiger partial charge in [-0.05, 0) is 38.8 Å².